The van der Waals surface area contributed by atoms with E-state index in [1.807, 2.05) is 30.3 Å². The van der Waals surface area contributed by atoms with Gasteiger partial charge in [-0.05, 0) is 24.3 Å². The summed E-state index contributed by atoms with van der Waals surface area (Å²) in [7, 11) is 3.11. The summed E-state index contributed by atoms with van der Waals surface area (Å²) in [4.78, 5) is 16.6. The van der Waals surface area contributed by atoms with Crippen molar-refractivity contribution < 1.29 is 14.3 Å². The molecule has 0 atom stereocenters. The number of methoxy groups -OCH3 is 2. The van der Waals surface area contributed by atoms with E-state index in [4.69, 9.17) is 9.47 Å². The highest BCUT2D eigenvalue weighted by Crippen LogP contribution is 2.30. The summed E-state index contributed by atoms with van der Waals surface area (Å²) >= 11 is 0. The number of nitrogens with one attached hydrogen (secondary N) is 2. The minimum atomic E-state index is -0.361. The molecule has 3 aromatic rings. The number of fused-ring (bicyclic) bond motifs is 1. The molecule has 3 rings (SSSR count). The number of para-hydroxylation sites is 1. The maximum Gasteiger partial charge on any atom is 0.323 e. The van der Waals surface area contributed by atoms with Gasteiger partial charge >= 0.3 is 6.03 Å². The van der Waals surface area contributed by atoms with Crippen molar-refractivity contribution in [3.63, 3.8) is 0 Å². The van der Waals surface area contributed by atoms with E-state index in [0.29, 0.717) is 22.9 Å². The second kappa shape index (κ2) is 6.87. The van der Waals surface area contributed by atoms with Crippen LogP contribution in [0.5, 0.6) is 11.5 Å². The van der Waals surface area contributed by atoms with Crippen molar-refractivity contribution in [1.29, 1.82) is 0 Å². The molecule has 0 spiro atoms. The number of carbonyl (C=O) groups is 1. The lowest BCUT2D eigenvalue weighted by atomic mass is 10.2. The molecule has 0 aliphatic heterocycles. The van der Waals surface area contributed by atoms with Gasteiger partial charge in [0, 0.05) is 23.3 Å². The lowest BCUT2D eigenvalue weighted by Gasteiger charge is -2.12. The van der Waals surface area contributed by atoms with Gasteiger partial charge in [-0.2, -0.15) is 0 Å². The minimum absolute atomic E-state index is 0.361. The third-order valence-electron chi connectivity index (χ3n) is 3.52. The van der Waals surface area contributed by atoms with Crippen molar-refractivity contribution in [2.75, 3.05) is 24.9 Å². The van der Waals surface area contributed by atoms with E-state index in [0.717, 1.165) is 10.9 Å². The predicted octanol–water partition coefficient (Wildman–Crippen LogP) is 3.90. The fourth-order valence-electron chi connectivity index (χ4n) is 2.40. The van der Waals surface area contributed by atoms with Crippen LogP contribution in [0.3, 0.4) is 0 Å². The van der Waals surface area contributed by atoms with Crippen LogP contribution in [0.2, 0.25) is 0 Å². The summed E-state index contributed by atoms with van der Waals surface area (Å²) in [5.41, 5.74) is 1.98. The molecule has 0 unspecified atom stereocenters. The number of anilines is 2. The third kappa shape index (κ3) is 3.22. The Kier molecular flexibility index (Phi) is 4.47. The zero-order valence-electron chi connectivity index (χ0n) is 13.4. The van der Waals surface area contributed by atoms with Crippen molar-refractivity contribution >= 4 is 28.3 Å². The average Bonchev–Trinajstić information content (AvgIpc) is 2.62. The van der Waals surface area contributed by atoms with Crippen molar-refractivity contribution in [3.05, 3.63) is 54.7 Å². The minimum Gasteiger partial charge on any atom is -0.493 e. The number of pyridine rings is 1. The Bertz CT molecular complexity index is 875. The number of ether oxygens (including phenoxy) is 2. The van der Waals surface area contributed by atoms with E-state index in [-0.39, 0.29) is 6.03 Å². The Hall–Kier alpha value is -3.28. The van der Waals surface area contributed by atoms with Gasteiger partial charge in [-0.25, -0.2) is 4.79 Å². The molecule has 122 valence electrons. The van der Waals surface area contributed by atoms with Gasteiger partial charge < -0.3 is 20.1 Å². The molecule has 24 heavy (non-hydrogen) atoms. The maximum atomic E-state index is 12.3. The first kappa shape index (κ1) is 15.6. The quantitative estimate of drug-likeness (QED) is 0.764. The van der Waals surface area contributed by atoms with Gasteiger partial charge in [0.15, 0.2) is 11.5 Å². The number of hydrogen-bond donors (Lipinski definition) is 2. The van der Waals surface area contributed by atoms with Crippen molar-refractivity contribution in [3.8, 4) is 11.5 Å². The smallest absolute Gasteiger partial charge is 0.323 e. The first-order chi connectivity index (χ1) is 11.7. The van der Waals surface area contributed by atoms with Crippen LogP contribution in [0.4, 0.5) is 16.2 Å². The van der Waals surface area contributed by atoms with E-state index in [1.54, 1.807) is 38.6 Å². The largest absolute Gasteiger partial charge is 0.493 e. The SMILES string of the molecule is COc1ccc(NC(=O)Nc2cccc3cccnc23)cc1OC. The van der Waals surface area contributed by atoms with Crippen LogP contribution < -0.4 is 20.1 Å². The summed E-state index contributed by atoms with van der Waals surface area (Å²) in [6, 6.07) is 14.2. The lowest BCUT2D eigenvalue weighted by Crippen LogP contribution is -2.19. The molecule has 2 aromatic carbocycles. The second-order valence-corrected chi connectivity index (χ2v) is 5.03. The van der Waals surface area contributed by atoms with Crippen LogP contribution in [0.1, 0.15) is 0 Å². The molecule has 0 saturated heterocycles. The van der Waals surface area contributed by atoms with E-state index >= 15 is 0 Å². The van der Waals surface area contributed by atoms with E-state index in [2.05, 4.69) is 15.6 Å². The van der Waals surface area contributed by atoms with Crippen molar-refractivity contribution in [2.24, 2.45) is 0 Å². The van der Waals surface area contributed by atoms with Crippen LogP contribution in [0.15, 0.2) is 54.7 Å². The Morgan fingerprint density at radius 3 is 2.54 bits per heavy atom. The summed E-state index contributed by atoms with van der Waals surface area (Å²) < 4.78 is 10.4. The predicted molar refractivity (Wildman–Crippen MR) is 93.9 cm³/mol. The number of aromatic nitrogens is 1. The van der Waals surface area contributed by atoms with Crippen molar-refractivity contribution in [1.82, 2.24) is 4.98 Å². The van der Waals surface area contributed by atoms with Gasteiger partial charge in [-0.1, -0.05) is 18.2 Å². The molecule has 0 radical (unpaired) electrons. The highest BCUT2D eigenvalue weighted by atomic mass is 16.5. The molecular formula is C18H17N3O3. The van der Waals surface area contributed by atoms with Crippen LogP contribution in [0, 0.1) is 0 Å². The lowest BCUT2D eigenvalue weighted by molar-refractivity contribution is 0.262. The highest BCUT2D eigenvalue weighted by molar-refractivity contribution is 6.05. The number of rotatable bonds is 4. The van der Waals surface area contributed by atoms with Crippen molar-refractivity contribution in [2.45, 2.75) is 0 Å². The normalized spacial score (nSPS) is 10.2. The Morgan fingerprint density at radius 1 is 0.958 bits per heavy atom. The van der Waals surface area contributed by atoms with Gasteiger partial charge in [0.25, 0.3) is 0 Å². The summed E-state index contributed by atoms with van der Waals surface area (Å²) in [5.74, 6) is 1.14. The molecule has 0 aliphatic rings. The number of urea groups is 1. The molecule has 2 N–H and O–H groups in total. The average molecular weight is 323 g/mol. The van der Waals surface area contributed by atoms with Crippen LogP contribution >= 0.6 is 0 Å². The third-order valence-corrected chi connectivity index (χ3v) is 3.52. The molecule has 6 nitrogen and oxygen atoms in total. The first-order valence-electron chi connectivity index (χ1n) is 7.35. The van der Waals surface area contributed by atoms with Gasteiger partial charge in [0.1, 0.15) is 0 Å². The molecule has 0 bridgehead atoms. The molecule has 2 amide bonds. The summed E-state index contributed by atoms with van der Waals surface area (Å²) in [6.45, 7) is 0. The maximum absolute atomic E-state index is 12.3. The Balaban J connectivity index is 1.78. The fourth-order valence-corrected chi connectivity index (χ4v) is 2.40. The topological polar surface area (TPSA) is 72.5 Å². The van der Waals surface area contributed by atoms with Gasteiger partial charge in [0.05, 0.1) is 25.4 Å². The number of benzene rings is 2. The monoisotopic (exact) mass is 323 g/mol. The van der Waals surface area contributed by atoms with E-state index in [9.17, 15) is 4.79 Å². The fraction of sp³-hybridized carbons (Fsp3) is 0.111. The molecule has 0 saturated carbocycles. The van der Waals surface area contributed by atoms with E-state index in [1.165, 1.54) is 0 Å². The van der Waals surface area contributed by atoms with E-state index < -0.39 is 0 Å². The molecule has 6 heteroatoms. The number of carbonyl (C=O) groups excluding carboxylic acids is 1. The molecule has 1 aromatic heterocycles. The van der Waals surface area contributed by atoms with Gasteiger partial charge in [-0.15, -0.1) is 0 Å². The summed E-state index contributed by atoms with van der Waals surface area (Å²) in [6.07, 6.45) is 1.69. The zero-order valence-corrected chi connectivity index (χ0v) is 13.4. The van der Waals surface area contributed by atoms with Gasteiger partial charge in [0.2, 0.25) is 0 Å². The molecule has 0 aliphatic carbocycles. The standard InChI is InChI=1S/C18H17N3O3/c1-23-15-9-8-13(11-16(15)24-2)20-18(22)21-14-7-3-5-12-6-4-10-19-17(12)14/h3-11H,1-2H3,(H2,20,21,22). The highest BCUT2D eigenvalue weighted by Gasteiger charge is 2.09. The van der Waals surface area contributed by atoms with Gasteiger partial charge in [-0.3, -0.25) is 4.98 Å². The Labute approximate surface area is 139 Å². The number of amides is 2. The number of hydrogen-bond acceptors (Lipinski definition) is 4. The molecule has 1 heterocycles. The Morgan fingerprint density at radius 2 is 1.75 bits per heavy atom. The summed E-state index contributed by atoms with van der Waals surface area (Å²) in [5, 5.41) is 6.54. The van der Waals surface area contributed by atoms with Crippen LogP contribution in [0.25, 0.3) is 10.9 Å². The van der Waals surface area contributed by atoms with Crippen LogP contribution in [-0.2, 0) is 0 Å². The zero-order chi connectivity index (χ0) is 16.9. The van der Waals surface area contributed by atoms with Crippen LogP contribution in [-0.4, -0.2) is 25.2 Å². The number of nitrogens with zero attached hydrogens (tertiary/aromatic N) is 1. The molecular weight excluding hydrogens is 306 g/mol. The molecule has 0 fully saturated rings. The first-order valence-corrected chi connectivity index (χ1v) is 7.35. The second-order valence-electron chi connectivity index (χ2n) is 5.03.